The van der Waals surface area contributed by atoms with Crippen LogP contribution >= 0.6 is 23.2 Å². The first-order valence-electron chi connectivity index (χ1n) is 13.0. The summed E-state index contributed by atoms with van der Waals surface area (Å²) >= 11 is 12.7. The maximum atomic E-state index is 13.8. The minimum Gasteiger partial charge on any atom is -0.434 e. The van der Waals surface area contributed by atoms with E-state index in [1.165, 1.54) is 0 Å². The van der Waals surface area contributed by atoms with Crippen molar-refractivity contribution in [3.05, 3.63) is 0 Å². The van der Waals surface area contributed by atoms with Crippen LogP contribution in [0.4, 0.5) is 18.0 Å². The van der Waals surface area contributed by atoms with Crippen LogP contribution in [0.15, 0.2) is 0 Å². The van der Waals surface area contributed by atoms with Gasteiger partial charge < -0.3 is 26.0 Å². The summed E-state index contributed by atoms with van der Waals surface area (Å²) in [5.74, 6) is -4.86. The van der Waals surface area contributed by atoms with E-state index >= 15 is 0 Å². The molecule has 1 heterocycles. The number of alkyl halides is 5. The summed E-state index contributed by atoms with van der Waals surface area (Å²) in [5, 5.41) is 4.77. The zero-order valence-electron chi connectivity index (χ0n) is 22.9. The zero-order chi connectivity index (χ0) is 30.6. The van der Waals surface area contributed by atoms with Crippen LogP contribution < -0.4 is 16.4 Å². The number of nitrogens with two attached hydrogens (primary N) is 1. The third-order valence-electron chi connectivity index (χ3n) is 7.96. The average Bonchev–Trinajstić information content (AvgIpc) is 3.10. The molecule has 3 rings (SSSR count). The Bertz CT molecular complexity index is 1070. The average molecular weight is 615 g/mol. The van der Waals surface area contributed by atoms with Crippen molar-refractivity contribution in [1.29, 1.82) is 0 Å². The van der Waals surface area contributed by atoms with Crippen molar-refractivity contribution < 1.29 is 41.9 Å². The number of alkyl carbamates (subject to hydrolysis) is 1. The van der Waals surface area contributed by atoms with Gasteiger partial charge in [-0.2, -0.15) is 13.2 Å². The van der Waals surface area contributed by atoms with Gasteiger partial charge in [0.15, 0.2) is 0 Å². The summed E-state index contributed by atoms with van der Waals surface area (Å²) < 4.78 is 43.0. The van der Waals surface area contributed by atoms with Crippen molar-refractivity contribution >= 4 is 52.8 Å². The number of Topliss-reactive ketones (excluding diaryl/α,β-unsaturated/α-hetero) is 1. The third kappa shape index (κ3) is 6.45. The fraction of sp³-hybridized carbons (Fsp3) is 0.800. The van der Waals surface area contributed by atoms with Gasteiger partial charge in [0, 0.05) is 18.4 Å². The van der Waals surface area contributed by atoms with Gasteiger partial charge in [0.05, 0.1) is 6.04 Å². The largest absolute Gasteiger partial charge is 0.434 e. The highest BCUT2D eigenvalue weighted by molar-refractivity contribution is 6.51. The standard InChI is InChI=1S/C25H35Cl2F3N4O6/c1-22(2,3)17(33-21(39)40-23(4,5)25(28,29)30)20(38)34-10-12-14(24(12,26)27)15(34)19(37)32-13(16(35)18(31)36)9-11-7-6-8-11/h11-15,17H,6-10H2,1-5H3,(H2,31,36)(H,32,37)(H,33,39)/t12-,13?,14-,15-,17+/m0/s1. The topological polar surface area (TPSA) is 148 Å². The van der Waals surface area contributed by atoms with Gasteiger partial charge in [0.1, 0.15) is 16.4 Å². The molecule has 0 radical (unpaired) electrons. The molecule has 5 atom stereocenters. The smallest absolute Gasteiger partial charge is 0.427 e. The summed E-state index contributed by atoms with van der Waals surface area (Å²) in [6.07, 6.45) is -3.55. The van der Waals surface area contributed by atoms with Crippen LogP contribution in [0.2, 0.25) is 0 Å². The van der Waals surface area contributed by atoms with Crippen LogP contribution in [0.5, 0.6) is 0 Å². The monoisotopic (exact) mass is 614 g/mol. The van der Waals surface area contributed by atoms with E-state index < -0.39 is 81.1 Å². The number of ketones is 1. The number of primary amides is 1. The number of hydrogen-bond donors (Lipinski definition) is 3. The highest BCUT2D eigenvalue weighted by Crippen LogP contribution is 2.65. The number of hydrogen-bond acceptors (Lipinski definition) is 6. The van der Waals surface area contributed by atoms with Gasteiger partial charge >= 0.3 is 12.3 Å². The fourth-order valence-electron chi connectivity index (χ4n) is 5.11. The number of amides is 4. The van der Waals surface area contributed by atoms with E-state index in [0.717, 1.165) is 24.2 Å². The second kappa shape index (κ2) is 10.8. The molecule has 1 aliphatic heterocycles. The molecule has 0 aromatic rings. The van der Waals surface area contributed by atoms with Gasteiger partial charge in [-0.15, -0.1) is 23.2 Å². The number of carbonyl (C=O) groups excluding carboxylic acids is 5. The Hall–Kier alpha value is -2.28. The second-order valence-corrected chi connectivity index (χ2v) is 13.8. The highest BCUT2D eigenvalue weighted by atomic mass is 35.5. The minimum absolute atomic E-state index is 0.0804. The maximum absolute atomic E-state index is 13.8. The van der Waals surface area contributed by atoms with Crippen molar-refractivity contribution in [2.45, 2.75) is 94.5 Å². The molecular formula is C25H35Cl2F3N4O6. The molecule has 1 saturated heterocycles. The summed E-state index contributed by atoms with van der Waals surface area (Å²) in [7, 11) is 0. The molecule has 40 heavy (non-hydrogen) atoms. The molecule has 0 bridgehead atoms. The molecule has 0 spiro atoms. The van der Waals surface area contributed by atoms with Crippen LogP contribution in [0.25, 0.3) is 0 Å². The molecule has 226 valence electrons. The number of halogens is 5. The van der Waals surface area contributed by atoms with Gasteiger partial charge in [0.25, 0.3) is 5.91 Å². The lowest BCUT2D eigenvalue weighted by Crippen LogP contribution is -2.61. The number of rotatable bonds is 9. The summed E-state index contributed by atoms with van der Waals surface area (Å²) in [4.78, 5) is 65.1. The highest BCUT2D eigenvalue weighted by Gasteiger charge is 2.74. The molecule has 0 aromatic carbocycles. The summed E-state index contributed by atoms with van der Waals surface area (Å²) in [5.41, 5.74) is 1.33. The molecule has 4 amide bonds. The van der Waals surface area contributed by atoms with Crippen LogP contribution in [0.3, 0.4) is 0 Å². The van der Waals surface area contributed by atoms with Crippen molar-refractivity contribution in [1.82, 2.24) is 15.5 Å². The lowest BCUT2D eigenvalue weighted by atomic mass is 9.80. The normalized spacial score (nSPS) is 25.6. The number of piperidine rings is 1. The lowest BCUT2D eigenvalue weighted by molar-refractivity contribution is -0.244. The molecule has 3 fully saturated rings. The fourth-order valence-corrected chi connectivity index (χ4v) is 5.93. The van der Waals surface area contributed by atoms with Gasteiger partial charge in [-0.3, -0.25) is 19.2 Å². The van der Waals surface area contributed by atoms with Crippen molar-refractivity contribution in [2.75, 3.05) is 6.54 Å². The number of nitrogens with one attached hydrogen (secondary N) is 2. The van der Waals surface area contributed by atoms with Gasteiger partial charge in [-0.25, -0.2) is 4.79 Å². The van der Waals surface area contributed by atoms with Gasteiger partial charge in [0.2, 0.25) is 23.2 Å². The number of nitrogens with zero attached hydrogens (tertiary/aromatic N) is 1. The van der Waals surface area contributed by atoms with Crippen LogP contribution in [-0.4, -0.2) is 75.3 Å². The van der Waals surface area contributed by atoms with E-state index in [1.807, 2.05) is 0 Å². The van der Waals surface area contributed by atoms with Crippen molar-refractivity contribution in [3.63, 3.8) is 0 Å². The summed E-state index contributed by atoms with van der Waals surface area (Å²) in [6, 6.07) is -3.89. The molecular weight excluding hydrogens is 580 g/mol. The van der Waals surface area contributed by atoms with Crippen LogP contribution in [0.1, 0.15) is 60.3 Å². The van der Waals surface area contributed by atoms with E-state index in [1.54, 1.807) is 20.8 Å². The van der Waals surface area contributed by atoms with Crippen LogP contribution in [0, 0.1) is 23.2 Å². The molecule has 0 aromatic heterocycles. The van der Waals surface area contributed by atoms with Crippen LogP contribution in [-0.2, 0) is 23.9 Å². The summed E-state index contributed by atoms with van der Waals surface area (Å²) in [6.45, 7) is 5.98. The Balaban J connectivity index is 1.83. The Morgan fingerprint density at radius 1 is 1.05 bits per heavy atom. The minimum atomic E-state index is -4.87. The Morgan fingerprint density at radius 3 is 2.08 bits per heavy atom. The molecule has 15 heteroatoms. The molecule has 2 saturated carbocycles. The lowest BCUT2D eigenvalue weighted by Gasteiger charge is -2.38. The Morgan fingerprint density at radius 2 is 1.62 bits per heavy atom. The van der Waals surface area contributed by atoms with E-state index in [-0.39, 0.29) is 18.9 Å². The van der Waals surface area contributed by atoms with E-state index in [4.69, 9.17) is 28.9 Å². The predicted molar refractivity (Wildman–Crippen MR) is 138 cm³/mol. The molecule has 2 aliphatic carbocycles. The van der Waals surface area contributed by atoms with E-state index in [2.05, 4.69) is 15.4 Å². The number of ether oxygens (including phenoxy) is 1. The molecule has 3 aliphatic rings. The van der Waals surface area contributed by atoms with E-state index in [0.29, 0.717) is 13.8 Å². The third-order valence-corrected chi connectivity index (χ3v) is 9.02. The first-order valence-corrected chi connectivity index (χ1v) is 13.7. The number of fused-ring (bicyclic) bond motifs is 1. The molecule has 10 nitrogen and oxygen atoms in total. The van der Waals surface area contributed by atoms with Gasteiger partial charge in [-0.1, -0.05) is 40.0 Å². The first kappa shape index (κ1) is 32.2. The van der Waals surface area contributed by atoms with Crippen molar-refractivity contribution in [2.24, 2.45) is 28.9 Å². The Kier molecular flexibility index (Phi) is 8.74. The Labute approximate surface area is 240 Å². The maximum Gasteiger partial charge on any atom is 0.427 e. The zero-order valence-corrected chi connectivity index (χ0v) is 24.4. The molecule has 4 N–H and O–H groups in total. The van der Waals surface area contributed by atoms with Gasteiger partial charge in [-0.05, 0) is 31.6 Å². The molecule has 1 unspecified atom stereocenters. The van der Waals surface area contributed by atoms with Crippen molar-refractivity contribution in [3.8, 4) is 0 Å². The first-order chi connectivity index (χ1) is 18.1. The SMILES string of the molecule is CC(C)(C)[C@H](NC(=O)OC(C)(C)C(F)(F)F)C(=O)N1C[C@H]2[C@@H]([C@H]1C(=O)NC(CC1CCC1)C(=O)C(N)=O)C2(Cl)Cl. The second-order valence-electron chi connectivity index (χ2n) is 12.4. The quantitative estimate of drug-likeness (QED) is 0.269. The predicted octanol–water partition coefficient (Wildman–Crippen LogP) is 2.83. The number of likely N-dealkylation sites (tertiary alicyclic amines) is 1. The van der Waals surface area contributed by atoms with E-state index in [9.17, 15) is 37.1 Å². The number of carbonyl (C=O) groups is 5.